The second-order valence-corrected chi connectivity index (χ2v) is 6.22. The maximum absolute atomic E-state index is 5.54. The van der Waals surface area contributed by atoms with Crippen LogP contribution in [0.25, 0.3) is 0 Å². The number of rotatable bonds is 6. The van der Waals surface area contributed by atoms with Gasteiger partial charge in [0.15, 0.2) is 0 Å². The monoisotopic (exact) mass is 275 g/mol. The first-order chi connectivity index (χ1) is 9.70. The third-order valence-electron chi connectivity index (χ3n) is 4.32. The second kappa shape index (κ2) is 7.68. The molecule has 2 heteroatoms. The van der Waals surface area contributed by atoms with Crippen LogP contribution in [0.3, 0.4) is 0 Å². The van der Waals surface area contributed by atoms with Gasteiger partial charge in [0.1, 0.15) is 5.75 Å². The Kier molecular flexibility index (Phi) is 5.90. The van der Waals surface area contributed by atoms with Gasteiger partial charge >= 0.3 is 0 Å². The first-order valence-corrected chi connectivity index (χ1v) is 8.16. The molecule has 0 heterocycles. The van der Waals surface area contributed by atoms with Crippen molar-refractivity contribution in [2.75, 3.05) is 13.2 Å². The summed E-state index contributed by atoms with van der Waals surface area (Å²) in [6.45, 7) is 8.38. The van der Waals surface area contributed by atoms with Crippen LogP contribution in [0.15, 0.2) is 24.3 Å². The van der Waals surface area contributed by atoms with Crippen LogP contribution < -0.4 is 10.1 Å². The fourth-order valence-electron chi connectivity index (χ4n) is 3.26. The van der Waals surface area contributed by atoms with Gasteiger partial charge in [-0.25, -0.2) is 0 Å². The molecule has 1 aromatic carbocycles. The Morgan fingerprint density at radius 1 is 1.15 bits per heavy atom. The van der Waals surface area contributed by atoms with E-state index in [4.69, 9.17) is 4.74 Å². The van der Waals surface area contributed by atoms with Crippen molar-refractivity contribution in [1.29, 1.82) is 0 Å². The smallest absolute Gasteiger partial charge is 0.119 e. The van der Waals surface area contributed by atoms with Crippen molar-refractivity contribution in [2.24, 2.45) is 5.92 Å². The van der Waals surface area contributed by atoms with Crippen LogP contribution in [-0.4, -0.2) is 19.2 Å². The van der Waals surface area contributed by atoms with E-state index in [9.17, 15) is 0 Å². The lowest BCUT2D eigenvalue weighted by molar-refractivity contribution is 0.289. The molecular weight excluding hydrogens is 246 g/mol. The summed E-state index contributed by atoms with van der Waals surface area (Å²) in [6, 6.07) is 9.37. The molecule has 1 saturated carbocycles. The van der Waals surface area contributed by atoms with Crippen molar-refractivity contribution in [3.63, 3.8) is 0 Å². The van der Waals surface area contributed by atoms with Gasteiger partial charge in [-0.1, -0.05) is 38.8 Å². The fraction of sp³-hybridized carbons (Fsp3) is 0.667. The van der Waals surface area contributed by atoms with Crippen LogP contribution in [-0.2, 0) is 0 Å². The van der Waals surface area contributed by atoms with Crippen molar-refractivity contribution in [3.8, 4) is 5.75 Å². The lowest BCUT2D eigenvalue weighted by atomic mass is 9.75. The van der Waals surface area contributed by atoms with Gasteiger partial charge in [0, 0.05) is 6.04 Å². The van der Waals surface area contributed by atoms with Gasteiger partial charge in [-0.05, 0) is 55.8 Å². The molecule has 0 radical (unpaired) electrons. The van der Waals surface area contributed by atoms with Crippen molar-refractivity contribution in [1.82, 2.24) is 5.32 Å². The van der Waals surface area contributed by atoms with Crippen molar-refractivity contribution in [3.05, 3.63) is 29.8 Å². The van der Waals surface area contributed by atoms with E-state index in [2.05, 4.69) is 43.4 Å². The van der Waals surface area contributed by atoms with Crippen molar-refractivity contribution >= 4 is 0 Å². The van der Waals surface area contributed by atoms with Gasteiger partial charge < -0.3 is 10.1 Å². The SMILES string of the molecule is CCOc1ccc(C2CCCCC2CNC(C)C)cc1. The molecule has 0 saturated heterocycles. The average Bonchev–Trinajstić information content (AvgIpc) is 2.47. The van der Waals surface area contributed by atoms with Crippen molar-refractivity contribution < 1.29 is 4.74 Å². The third-order valence-corrected chi connectivity index (χ3v) is 4.32. The average molecular weight is 275 g/mol. The Labute approximate surface area is 123 Å². The summed E-state index contributed by atoms with van der Waals surface area (Å²) in [5.41, 5.74) is 1.49. The minimum absolute atomic E-state index is 0.581. The Hall–Kier alpha value is -1.02. The number of hydrogen-bond donors (Lipinski definition) is 1. The Morgan fingerprint density at radius 2 is 1.85 bits per heavy atom. The first-order valence-electron chi connectivity index (χ1n) is 8.16. The Morgan fingerprint density at radius 3 is 2.50 bits per heavy atom. The standard InChI is InChI=1S/C18H29NO/c1-4-20-17-11-9-15(10-12-17)18-8-6-5-7-16(18)13-19-14(2)3/h9-12,14,16,18-19H,4-8,13H2,1-3H3. The van der Waals surface area contributed by atoms with Crippen LogP contribution in [0, 0.1) is 5.92 Å². The zero-order valence-corrected chi connectivity index (χ0v) is 13.2. The molecule has 2 unspecified atom stereocenters. The number of hydrogen-bond acceptors (Lipinski definition) is 2. The molecule has 2 rings (SSSR count). The summed E-state index contributed by atoms with van der Waals surface area (Å²) in [5.74, 6) is 2.48. The number of ether oxygens (including phenoxy) is 1. The third kappa shape index (κ3) is 4.24. The van der Waals surface area contributed by atoms with Crippen LogP contribution >= 0.6 is 0 Å². The van der Waals surface area contributed by atoms with E-state index in [1.54, 1.807) is 0 Å². The first kappa shape index (κ1) is 15.4. The minimum atomic E-state index is 0.581. The molecule has 2 atom stereocenters. The minimum Gasteiger partial charge on any atom is -0.494 e. The quantitative estimate of drug-likeness (QED) is 0.833. The van der Waals surface area contributed by atoms with E-state index in [0.29, 0.717) is 12.0 Å². The lowest BCUT2D eigenvalue weighted by Gasteiger charge is -2.33. The lowest BCUT2D eigenvalue weighted by Crippen LogP contribution is -2.33. The molecular formula is C18H29NO. The second-order valence-electron chi connectivity index (χ2n) is 6.22. The Balaban J connectivity index is 2.02. The fourth-order valence-corrected chi connectivity index (χ4v) is 3.26. The molecule has 20 heavy (non-hydrogen) atoms. The van der Waals surface area contributed by atoms with E-state index in [0.717, 1.165) is 24.8 Å². The summed E-state index contributed by atoms with van der Waals surface area (Å²) < 4.78 is 5.54. The normalized spacial score (nSPS) is 23.0. The van der Waals surface area contributed by atoms with E-state index in [1.165, 1.54) is 31.2 Å². The molecule has 0 aliphatic heterocycles. The van der Waals surface area contributed by atoms with E-state index in [1.807, 2.05) is 6.92 Å². The predicted molar refractivity (Wildman–Crippen MR) is 85.4 cm³/mol. The molecule has 1 aliphatic carbocycles. The highest BCUT2D eigenvalue weighted by molar-refractivity contribution is 5.30. The molecule has 1 aromatic rings. The molecule has 0 aromatic heterocycles. The zero-order valence-electron chi connectivity index (χ0n) is 13.2. The van der Waals surface area contributed by atoms with Gasteiger partial charge in [-0.15, -0.1) is 0 Å². The number of nitrogens with one attached hydrogen (secondary N) is 1. The number of benzene rings is 1. The van der Waals surface area contributed by atoms with Crippen LogP contribution in [0.5, 0.6) is 5.75 Å². The topological polar surface area (TPSA) is 21.3 Å². The molecule has 1 fully saturated rings. The van der Waals surface area contributed by atoms with Gasteiger partial charge in [0.05, 0.1) is 6.61 Å². The summed E-state index contributed by atoms with van der Waals surface area (Å²) in [5, 5.41) is 3.62. The largest absolute Gasteiger partial charge is 0.494 e. The van der Waals surface area contributed by atoms with Gasteiger partial charge in [0.25, 0.3) is 0 Å². The molecule has 2 nitrogen and oxygen atoms in total. The van der Waals surface area contributed by atoms with Gasteiger partial charge in [-0.2, -0.15) is 0 Å². The summed E-state index contributed by atoms with van der Waals surface area (Å²) in [4.78, 5) is 0. The van der Waals surface area contributed by atoms with Gasteiger partial charge in [0.2, 0.25) is 0 Å². The van der Waals surface area contributed by atoms with Crippen LogP contribution in [0.2, 0.25) is 0 Å². The zero-order chi connectivity index (χ0) is 14.4. The molecule has 0 amide bonds. The molecule has 1 aliphatic rings. The maximum atomic E-state index is 5.54. The molecule has 112 valence electrons. The summed E-state index contributed by atoms with van der Waals surface area (Å²) in [6.07, 6.45) is 5.45. The maximum Gasteiger partial charge on any atom is 0.119 e. The van der Waals surface area contributed by atoms with Gasteiger partial charge in [-0.3, -0.25) is 0 Å². The predicted octanol–water partition coefficient (Wildman–Crippen LogP) is 4.36. The molecule has 1 N–H and O–H groups in total. The Bertz CT molecular complexity index is 385. The highest BCUT2D eigenvalue weighted by Gasteiger charge is 2.26. The van der Waals surface area contributed by atoms with Crippen LogP contribution in [0.1, 0.15) is 57.9 Å². The van der Waals surface area contributed by atoms with E-state index < -0.39 is 0 Å². The molecule has 0 spiro atoms. The molecule has 0 bridgehead atoms. The van der Waals surface area contributed by atoms with E-state index in [-0.39, 0.29) is 0 Å². The van der Waals surface area contributed by atoms with Crippen LogP contribution in [0.4, 0.5) is 0 Å². The summed E-state index contributed by atoms with van der Waals surface area (Å²) >= 11 is 0. The highest BCUT2D eigenvalue weighted by Crippen LogP contribution is 2.38. The van der Waals surface area contributed by atoms with Crippen molar-refractivity contribution in [2.45, 2.75) is 58.4 Å². The summed E-state index contributed by atoms with van der Waals surface area (Å²) in [7, 11) is 0. The van der Waals surface area contributed by atoms with E-state index >= 15 is 0 Å². The highest BCUT2D eigenvalue weighted by atomic mass is 16.5.